The minimum atomic E-state index is -0.0412. The van der Waals surface area contributed by atoms with E-state index in [0.717, 1.165) is 41.3 Å². The number of hydrogen-bond donors (Lipinski definition) is 1. The molecule has 0 unspecified atom stereocenters. The largest absolute Gasteiger partial charge is 0.415 e. The van der Waals surface area contributed by atoms with Gasteiger partial charge in [-0.2, -0.15) is 0 Å². The standard InChI is InChI=1S/C22H27N3O2S/c1-2-17-5-3-4-6-18(17)23-19(26)13-28-21-25-24-20(27-21)22-10-14-7-15(11-22)9-16(8-14)12-22/h3-6,14-16H,2,7-13H2,1H3,(H,23,26). The van der Waals surface area contributed by atoms with Crippen molar-refractivity contribution in [1.29, 1.82) is 0 Å². The van der Waals surface area contributed by atoms with Gasteiger partial charge in [0, 0.05) is 11.1 Å². The Morgan fingerprint density at radius 1 is 1.14 bits per heavy atom. The molecule has 2 aromatic rings. The van der Waals surface area contributed by atoms with Crippen molar-refractivity contribution in [2.45, 2.75) is 62.5 Å². The predicted octanol–water partition coefficient (Wildman–Crippen LogP) is 4.83. The molecule has 4 bridgehead atoms. The molecule has 1 amide bonds. The molecule has 0 saturated heterocycles. The third kappa shape index (κ3) is 3.36. The highest BCUT2D eigenvalue weighted by Crippen LogP contribution is 2.60. The van der Waals surface area contributed by atoms with Gasteiger partial charge in [-0.05, 0) is 74.3 Å². The summed E-state index contributed by atoms with van der Waals surface area (Å²) in [5, 5.41) is 12.2. The second kappa shape index (κ2) is 7.21. The van der Waals surface area contributed by atoms with Crippen molar-refractivity contribution in [2.24, 2.45) is 17.8 Å². The summed E-state index contributed by atoms with van der Waals surface area (Å²) in [7, 11) is 0. The molecule has 28 heavy (non-hydrogen) atoms. The molecule has 0 radical (unpaired) electrons. The first-order chi connectivity index (χ1) is 13.6. The molecule has 0 aliphatic heterocycles. The third-order valence-corrected chi connectivity index (χ3v) is 7.72. The van der Waals surface area contributed by atoms with Crippen molar-refractivity contribution in [3.63, 3.8) is 0 Å². The SMILES string of the molecule is CCc1ccccc1NC(=O)CSc1nnc(C23CC4CC(CC(C4)C2)C3)o1. The van der Waals surface area contributed by atoms with Crippen LogP contribution in [-0.4, -0.2) is 21.9 Å². The number of benzene rings is 1. The molecule has 4 aliphatic carbocycles. The van der Waals surface area contributed by atoms with Crippen LogP contribution in [0.25, 0.3) is 0 Å². The molecule has 1 aromatic carbocycles. The fourth-order valence-corrected chi connectivity index (χ4v) is 6.68. The number of aryl methyl sites for hydroxylation is 1. The second-order valence-electron chi connectivity index (χ2n) is 8.92. The van der Waals surface area contributed by atoms with E-state index in [4.69, 9.17) is 4.42 Å². The normalized spacial score (nSPS) is 30.5. The van der Waals surface area contributed by atoms with E-state index in [2.05, 4.69) is 22.4 Å². The number of aromatic nitrogens is 2. The molecule has 0 atom stereocenters. The number of amides is 1. The van der Waals surface area contributed by atoms with Gasteiger partial charge in [-0.15, -0.1) is 10.2 Å². The average Bonchev–Trinajstić information content (AvgIpc) is 3.16. The summed E-state index contributed by atoms with van der Waals surface area (Å²) < 4.78 is 6.07. The van der Waals surface area contributed by atoms with Crippen LogP contribution in [0.2, 0.25) is 0 Å². The van der Waals surface area contributed by atoms with Gasteiger partial charge in [-0.1, -0.05) is 36.9 Å². The van der Waals surface area contributed by atoms with Gasteiger partial charge in [0.15, 0.2) is 0 Å². The Bertz CT molecular complexity index is 843. The number of thioether (sulfide) groups is 1. The maximum Gasteiger partial charge on any atom is 0.277 e. The molecule has 6 rings (SSSR count). The minimum Gasteiger partial charge on any atom is -0.415 e. The van der Waals surface area contributed by atoms with Crippen molar-refractivity contribution < 1.29 is 9.21 Å². The molecule has 148 valence electrons. The van der Waals surface area contributed by atoms with E-state index in [-0.39, 0.29) is 17.1 Å². The lowest BCUT2D eigenvalue weighted by Gasteiger charge is -2.55. The summed E-state index contributed by atoms with van der Waals surface area (Å²) >= 11 is 1.33. The van der Waals surface area contributed by atoms with Gasteiger partial charge < -0.3 is 9.73 Å². The van der Waals surface area contributed by atoms with Crippen LogP contribution in [0.4, 0.5) is 5.69 Å². The number of hydrogen-bond acceptors (Lipinski definition) is 5. The Labute approximate surface area is 170 Å². The summed E-state index contributed by atoms with van der Waals surface area (Å²) in [5.74, 6) is 3.60. The van der Waals surface area contributed by atoms with Crippen LogP contribution in [0, 0.1) is 17.8 Å². The molecule has 0 spiro atoms. The lowest BCUT2D eigenvalue weighted by Crippen LogP contribution is -2.48. The highest BCUT2D eigenvalue weighted by Gasteiger charge is 2.54. The maximum absolute atomic E-state index is 12.4. The fraction of sp³-hybridized carbons (Fsp3) is 0.591. The van der Waals surface area contributed by atoms with Gasteiger partial charge in [0.1, 0.15) is 0 Å². The number of carbonyl (C=O) groups is 1. The monoisotopic (exact) mass is 397 g/mol. The number of anilines is 1. The predicted molar refractivity (Wildman–Crippen MR) is 109 cm³/mol. The van der Waals surface area contributed by atoms with Crippen molar-refractivity contribution in [3.05, 3.63) is 35.7 Å². The molecular weight excluding hydrogens is 370 g/mol. The molecule has 6 heteroatoms. The highest BCUT2D eigenvalue weighted by atomic mass is 32.2. The number of nitrogens with zero attached hydrogens (tertiary/aromatic N) is 2. The molecule has 4 fully saturated rings. The average molecular weight is 398 g/mol. The number of para-hydroxylation sites is 1. The number of nitrogens with one attached hydrogen (secondary N) is 1. The number of rotatable bonds is 6. The maximum atomic E-state index is 12.4. The second-order valence-corrected chi connectivity index (χ2v) is 9.85. The molecule has 4 saturated carbocycles. The van der Waals surface area contributed by atoms with Gasteiger partial charge in [-0.3, -0.25) is 4.79 Å². The van der Waals surface area contributed by atoms with Crippen LogP contribution in [0.1, 0.15) is 56.9 Å². The van der Waals surface area contributed by atoms with Crippen molar-refractivity contribution in [3.8, 4) is 0 Å². The van der Waals surface area contributed by atoms with Crippen LogP contribution in [-0.2, 0) is 16.6 Å². The van der Waals surface area contributed by atoms with E-state index in [1.165, 1.54) is 50.3 Å². The molecule has 1 heterocycles. The molecule has 4 aliphatic rings. The van der Waals surface area contributed by atoms with Crippen molar-refractivity contribution in [1.82, 2.24) is 10.2 Å². The van der Waals surface area contributed by atoms with Crippen LogP contribution in [0.3, 0.4) is 0 Å². The molecule has 1 aromatic heterocycles. The van der Waals surface area contributed by atoms with E-state index >= 15 is 0 Å². The van der Waals surface area contributed by atoms with Crippen molar-refractivity contribution in [2.75, 3.05) is 11.1 Å². The van der Waals surface area contributed by atoms with E-state index < -0.39 is 0 Å². The van der Waals surface area contributed by atoms with E-state index in [9.17, 15) is 4.79 Å². The summed E-state index contributed by atoms with van der Waals surface area (Å²) in [5.41, 5.74) is 2.14. The Kier molecular flexibility index (Phi) is 4.69. The summed E-state index contributed by atoms with van der Waals surface area (Å²) in [4.78, 5) is 12.4. The molecule has 1 N–H and O–H groups in total. The summed E-state index contributed by atoms with van der Waals surface area (Å²) in [6.07, 6.45) is 8.71. The lowest BCUT2D eigenvalue weighted by molar-refractivity contribution is -0.113. The Hall–Kier alpha value is -1.82. The first kappa shape index (κ1) is 18.2. The van der Waals surface area contributed by atoms with Gasteiger partial charge in [0.2, 0.25) is 11.8 Å². The first-order valence-corrected chi connectivity index (χ1v) is 11.5. The van der Waals surface area contributed by atoms with Gasteiger partial charge in [0.25, 0.3) is 5.22 Å². The Morgan fingerprint density at radius 3 is 2.50 bits per heavy atom. The van der Waals surface area contributed by atoms with E-state index in [1.54, 1.807) is 0 Å². The summed E-state index contributed by atoms with van der Waals surface area (Å²) in [6, 6.07) is 7.92. The van der Waals surface area contributed by atoms with Gasteiger partial charge >= 0.3 is 0 Å². The van der Waals surface area contributed by atoms with E-state index in [0.29, 0.717) is 5.22 Å². The van der Waals surface area contributed by atoms with Crippen LogP contribution in [0.5, 0.6) is 0 Å². The Balaban J connectivity index is 1.22. The quantitative estimate of drug-likeness (QED) is 0.707. The zero-order valence-corrected chi connectivity index (χ0v) is 17.1. The van der Waals surface area contributed by atoms with Crippen LogP contribution < -0.4 is 5.32 Å². The lowest BCUT2D eigenvalue weighted by atomic mass is 9.49. The van der Waals surface area contributed by atoms with E-state index in [1.807, 2.05) is 24.3 Å². The fourth-order valence-electron chi connectivity index (χ4n) is 6.12. The highest BCUT2D eigenvalue weighted by molar-refractivity contribution is 7.99. The Morgan fingerprint density at radius 2 is 1.82 bits per heavy atom. The zero-order valence-electron chi connectivity index (χ0n) is 16.3. The van der Waals surface area contributed by atoms with Crippen LogP contribution >= 0.6 is 11.8 Å². The van der Waals surface area contributed by atoms with Crippen molar-refractivity contribution >= 4 is 23.4 Å². The first-order valence-electron chi connectivity index (χ1n) is 10.5. The topological polar surface area (TPSA) is 68.0 Å². The zero-order chi connectivity index (χ0) is 19.1. The van der Waals surface area contributed by atoms with Gasteiger partial charge in [0.05, 0.1) is 5.75 Å². The summed E-state index contributed by atoms with van der Waals surface area (Å²) in [6.45, 7) is 2.09. The third-order valence-electron chi connectivity index (χ3n) is 6.90. The van der Waals surface area contributed by atoms with Gasteiger partial charge in [-0.25, -0.2) is 0 Å². The van der Waals surface area contributed by atoms with Crippen LogP contribution in [0.15, 0.2) is 33.9 Å². The molecule has 5 nitrogen and oxygen atoms in total. The molecular formula is C22H27N3O2S. The smallest absolute Gasteiger partial charge is 0.277 e. The number of carbonyl (C=O) groups excluding carboxylic acids is 1. The minimum absolute atomic E-state index is 0.0412.